The van der Waals surface area contributed by atoms with Gasteiger partial charge >= 0.3 is 0 Å². The van der Waals surface area contributed by atoms with Crippen LogP contribution in [0.2, 0.25) is 0 Å². The van der Waals surface area contributed by atoms with Crippen LogP contribution in [-0.2, 0) is 0 Å². The minimum absolute atomic E-state index is 0.0529. The zero-order valence-electron chi connectivity index (χ0n) is 8.43. The topological polar surface area (TPSA) is 51.8 Å². The van der Waals surface area contributed by atoms with Gasteiger partial charge in [0.05, 0.1) is 11.0 Å². The largest absolute Gasteiger partial charge is 0.324 e. The molecule has 2 rings (SSSR count). The zero-order chi connectivity index (χ0) is 10.7. The van der Waals surface area contributed by atoms with Crippen LogP contribution in [0.15, 0.2) is 43.2 Å². The van der Waals surface area contributed by atoms with Crippen molar-refractivity contribution in [3.63, 3.8) is 0 Å². The van der Waals surface area contributed by atoms with Crippen LogP contribution >= 0.6 is 0 Å². The van der Waals surface area contributed by atoms with Gasteiger partial charge < -0.3 is 5.73 Å². The predicted molar refractivity (Wildman–Crippen MR) is 61.3 cm³/mol. The fraction of sp³-hybridized carbons (Fsp3) is 0.167. The highest BCUT2D eigenvalue weighted by Gasteiger charge is 2.09. The minimum Gasteiger partial charge on any atom is -0.324 e. The van der Waals surface area contributed by atoms with Crippen molar-refractivity contribution in [1.82, 2.24) is 9.97 Å². The molecule has 0 fully saturated rings. The van der Waals surface area contributed by atoms with Crippen molar-refractivity contribution in [2.75, 3.05) is 0 Å². The molecule has 0 amide bonds. The molecule has 0 aliphatic rings. The van der Waals surface area contributed by atoms with E-state index >= 15 is 0 Å². The zero-order valence-corrected chi connectivity index (χ0v) is 8.43. The van der Waals surface area contributed by atoms with Crippen LogP contribution in [0.1, 0.15) is 18.0 Å². The first-order chi connectivity index (χ1) is 7.33. The van der Waals surface area contributed by atoms with Gasteiger partial charge in [0.25, 0.3) is 0 Å². The van der Waals surface area contributed by atoms with E-state index in [9.17, 15) is 0 Å². The first-order valence-electron chi connectivity index (χ1n) is 4.89. The van der Waals surface area contributed by atoms with E-state index < -0.39 is 0 Å². The Morgan fingerprint density at radius 2 is 2.13 bits per heavy atom. The Bertz CT molecular complexity index is 474. The summed E-state index contributed by atoms with van der Waals surface area (Å²) in [6, 6.07) is 5.83. The highest BCUT2D eigenvalue weighted by atomic mass is 14.8. The molecule has 0 bridgehead atoms. The Morgan fingerprint density at radius 3 is 2.93 bits per heavy atom. The lowest BCUT2D eigenvalue weighted by atomic mass is 10.0. The van der Waals surface area contributed by atoms with Crippen LogP contribution in [0.5, 0.6) is 0 Å². The highest BCUT2D eigenvalue weighted by molar-refractivity contribution is 5.78. The van der Waals surface area contributed by atoms with Crippen molar-refractivity contribution in [3.8, 4) is 0 Å². The molecule has 2 N–H and O–H groups in total. The van der Waals surface area contributed by atoms with E-state index in [-0.39, 0.29) is 6.04 Å². The number of aromatic nitrogens is 2. The summed E-state index contributed by atoms with van der Waals surface area (Å²) in [5, 5.41) is 0. The van der Waals surface area contributed by atoms with E-state index in [0.29, 0.717) is 0 Å². The van der Waals surface area contributed by atoms with Gasteiger partial charge in [-0.2, -0.15) is 0 Å². The van der Waals surface area contributed by atoms with Gasteiger partial charge in [-0.15, -0.1) is 6.58 Å². The Kier molecular flexibility index (Phi) is 2.74. The number of rotatable bonds is 3. The molecule has 1 aromatic heterocycles. The van der Waals surface area contributed by atoms with E-state index in [1.807, 2.05) is 24.3 Å². The SMILES string of the molecule is C=CCC(N)c1cccc2nccnc12. The van der Waals surface area contributed by atoms with E-state index in [4.69, 9.17) is 5.73 Å². The van der Waals surface area contributed by atoms with E-state index in [1.54, 1.807) is 12.4 Å². The Morgan fingerprint density at radius 1 is 1.33 bits per heavy atom. The summed E-state index contributed by atoms with van der Waals surface area (Å²) in [7, 11) is 0. The smallest absolute Gasteiger partial charge is 0.0934 e. The van der Waals surface area contributed by atoms with Gasteiger partial charge in [0.15, 0.2) is 0 Å². The second-order valence-corrected chi connectivity index (χ2v) is 3.40. The normalized spacial score (nSPS) is 12.6. The van der Waals surface area contributed by atoms with E-state index in [0.717, 1.165) is 23.0 Å². The molecule has 0 saturated carbocycles. The predicted octanol–water partition coefficient (Wildman–Crippen LogP) is 2.21. The maximum atomic E-state index is 6.03. The summed E-state index contributed by atoms with van der Waals surface area (Å²) in [6.07, 6.45) is 5.94. The van der Waals surface area contributed by atoms with Crippen LogP contribution in [0.4, 0.5) is 0 Å². The third-order valence-electron chi connectivity index (χ3n) is 2.35. The number of hydrogen-bond acceptors (Lipinski definition) is 3. The quantitative estimate of drug-likeness (QED) is 0.771. The molecule has 15 heavy (non-hydrogen) atoms. The van der Waals surface area contributed by atoms with E-state index in [1.165, 1.54) is 0 Å². The summed E-state index contributed by atoms with van der Waals surface area (Å²) < 4.78 is 0. The lowest BCUT2D eigenvalue weighted by Gasteiger charge is -2.11. The van der Waals surface area contributed by atoms with Crippen LogP contribution in [0, 0.1) is 0 Å². The van der Waals surface area contributed by atoms with Crippen molar-refractivity contribution in [2.45, 2.75) is 12.5 Å². The molecule has 1 heterocycles. The molecular formula is C12H13N3. The second-order valence-electron chi connectivity index (χ2n) is 3.40. The molecule has 0 saturated heterocycles. The molecule has 1 aromatic carbocycles. The maximum absolute atomic E-state index is 6.03. The van der Waals surface area contributed by atoms with Crippen molar-refractivity contribution in [2.24, 2.45) is 5.73 Å². The van der Waals surface area contributed by atoms with Crippen molar-refractivity contribution in [3.05, 3.63) is 48.8 Å². The molecule has 0 spiro atoms. The number of nitrogens with two attached hydrogens (primary N) is 1. The number of nitrogens with zero attached hydrogens (tertiary/aromatic N) is 2. The molecule has 1 unspecified atom stereocenters. The number of para-hydroxylation sites is 1. The third kappa shape index (κ3) is 1.87. The molecule has 2 aromatic rings. The van der Waals surface area contributed by atoms with Gasteiger partial charge in [-0.1, -0.05) is 18.2 Å². The van der Waals surface area contributed by atoms with Gasteiger partial charge in [0.2, 0.25) is 0 Å². The molecule has 0 aliphatic carbocycles. The second kappa shape index (κ2) is 4.19. The minimum atomic E-state index is -0.0529. The van der Waals surface area contributed by atoms with Crippen LogP contribution < -0.4 is 5.73 Å². The first-order valence-corrected chi connectivity index (χ1v) is 4.89. The molecule has 76 valence electrons. The summed E-state index contributed by atoms with van der Waals surface area (Å²) in [4.78, 5) is 8.55. The van der Waals surface area contributed by atoms with Gasteiger partial charge in [-0.25, -0.2) is 0 Å². The van der Waals surface area contributed by atoms with Crippen molar-refractivity contribution >= 4 is 11.0 Å². The standard InChI is InChI=1S/C12H13N3/c1-2-4-10(13)9-5-3-6-11-12(9)15-8-7-14-11/h2-3,5-8,10H,1,4,13H2. The average molecular weight is 199 g/mol. The molecule has 0 aliphatic heterocycles. The molecule has 3 nitrogen and oxygen atoms in total. The van der Waals surface area contributed by atoms with Gasteiger partial charge in [0, 0.05) is 18.4 Å². The molecular weight excluding hydrogens is 186 g/mol. The summed E-state index contributed by atoms with van der Waals surface area (Å²) in [5.41, 5.74) is 8.83. The monoisotopic (exact) mass is 199 g/mol. The van der Waals surface area contributed by atoms with E-state index in [2.05, 4.69) is 16.5 Å². The van der Waals surface area contributed by atoms with Gasteiger partial charge in [-0.05, 0) is 18.1 Å². The van der Waals surface area contributed by atoms with Crippen LogP contribution in [0.25, 0.3) is 11.0 Å². The Labute approximate surface area is 88.7 Å². The average Bonchev–Trinajstić information content (AvgIpc) is 2.28. The van der Waals surface area contributed by atoms with Crippen molar-refractivity contribution < 1.29 is 0 Å². The third-order valence-corrected chi connectivity index (χ3v) is 2.35. The number of benzene rings is 1. The van der Waals surface area contributed by atoms with Crippen LogP contribution in [0.3, 0.4) is 0 Å². The molecule has 3 heteroatoms. The highest BCUT2D eigenvalue weighted by Crippen LogP contribution is 2.21. The molecule has 0 radical (unpaired) electrons. The van der Waals surface area contributed by atoms with Crippen LogP contribution in [-0.4, -0.2) is 9.97 Å². The van der Waals surface area contributed by atoms with Crippen molar-refractivity contribution in [1.29, 1.82) is 0 Å². The number of fused-ring (bicyclic) bond motifs is 1. The first kappa shape index (κ1) is 9.80. The Balaban J connectivity index is 2.55. The lowest BCUT2D eigenvalue weighted by Crippen LogP contribution is -2.10. The molecule has 1 atom stereocenters. The summed E-state index contributed by atoms with van der Waals surface area (Å²) >= 11 is 0. The number of hydrogen-bond donors (Lipinski definition) is 1. The maximum Gasteiger partial charge on any atom is 0.0934 e. The van der Waals surface area contributed by atoms with Gasteiger partial charge in [-0.3, -0.25) is 9.97 Å². The fourth-order valence-corrected chi connectivity index (χ4v) is 1.62. The summed E-state index contributed by atoms with van der Waals surface area (Å²) in [5.74, 6) is 0. The fourth-order valence-electron chi connectivity index (χ4n) is 1.62. The summed E-state index contributed by atoms with van der Waals surface area (Å²) in [6.45, 7) is 3.69. The van der Waals surface area contributed by atoms with Gasteiger partial charge in [0.1, 0.15) is 0 Å². The lowest BCUT2D eigenvalue weighted by molar-refractivity contribution is 0.746. The Hall–Kier alpha value is -1.74.